The van der Waals surface area contributed by atoms with Gasteiger partial charge in [0.15, 0.2) is 0 Å². The van der Waals surface area contributed by atoms with Gasteiger partial charge in [0.05, 0.1) is 12.5 Å². The van der Waals surface area contributed by atoms with Gasteiger partial charge in [-0.3, -0.25) is 9.69 Å². The fraction of sp³-hybridized carbons (Fsp3) is 0.938. The van der Waals surface area contributed by atoms with Crippen LogP contribution in [0.4, 0.5) is 13.2 Å². The molecule has 3 nitrogen and oxygen atoms in total. The number of amides is 1. The van der Waals surface area contributed by atoms with E-state index in [1.165, 1.54) is 6.42 Å². The summed E-state index contributed by atoms with van der Waals surface area (Å²) < 4.78 is 39.1. The molecule has 1 saturated carbocycles. The fourth-order valence-electron chi connectivity index (χ4n) is 3.93. The molecule has 22 heavy (non-hydrogen) atoms. The third-order valence-electron chi connectivity index (χ3n) is 5.04. The number of piperidine rings is 1. The minimum atomic E-state index is -4.15. The van der Waals surface area contributed by atoms with Crippen LogP contribution in [0, 0.1) is 11.3 Å². The number of nitrogens with zero attached hydrogens (tertiary/aromatic N) is 1. The van der Waals surface area contributed by atoms with Gasteiger partial charge in [0, 0.05) is 12.6 Å². The van der Waals surface area contributed by atoms with E-state index >= 15 is 0 Å². The summed E-state index contributed by atoms with van der Waals surface area (Å²) in [5, 5.41) is 3.03. The first kappa shape index (κ1) is 17.6. The average molecular weight is 320 g/mol. The Hall–Kier alpha value is -0.780. The number of hydrogen-bond acceptors (Lipinski definition) is 2. The van der Waals surface area contributed by atoms with Crippen molar-refractivity contribution in [2.45, 2.75) is 64.6 Å². The highest BCUT2D eigenvalue weighted by Gasteiger charge is 2.51. The molecule has 2 rings (SSSR count). The van der Waals surface area contributed by atoms with Crippen LogP contribution in [0.5, 0.6) is 0 Å². The average Bonchev–Trinajstić information content (AvgIpc) is 2.36. The molecular formula is C16H27F3N2O. The van der Waals surface area contributed by atoms with Gasteiger partial charge in [0.2, 0.25) is 5.91 Å². The van der Waals surface area contributed by atoms with Crippen molar-refractivity contribution in [1.29, 1.82) is 0 Å². The quantitative estimate of drug-likeness (QED) is 0.865. The molecule has 1 amide bonds. The second-order valence-corrected chi connectivity index (χ2v) is 7.48. The maximum atomic E-state index is 13.0. The molecule has 0 aromatic heterocycles. The second kappa shape index (κ2) is 6.77. The smallest absolute Gasteiger partial charge is 0.352 e. The van der Waals surface area contributed by atoms with Crippen molar-refractivity contribution < 1.29 is 18.0 Å². The molecule has 0 spiro atoms. The molecule has 1 saturated heterocycles. The number of nitrogens with one attached hydrogen (secondary N) is 1. The molecule has 0 bridgehead atoms. The molecule has 1 aliphatic carbocycles. The first-order valence-electron chi connectivity index (χ1n) is 8.27. The molecule has 1 N–H and O–H groups in total. The number of carbonyl (C=O) groups excluding carboxylic acids is 1. The van der Waals surface area contributed by atoms with Crippen molar-refractivity contribution in [3.05, 3.63) is 0 Å². The lowest BCUT2D eigenvalue weighted by molar-refractivity contribution is -0.216. The zero-order valence-corrected chi connectivity index (χ0v) is 13.5. The molecule has 128 valence electrons. The molecule has 1 atom stereocenters. The first-order valence-corrected chi connectivity index (χ1v) is 8.27. The lowest BCUT2D eigenvalue weighted by Crippen LogP contribution is -2.53. The van der Waals surface area contributed by atoms with E-state index in [4.69, 9.17) is 0 Å². The third-order valence-corrected chi connectivity index (χ3v) is 5.04. The van der Waals surface area contributed by atoms with E-state index in [0.29, 0.717) is 13.1 Å². The van der Waals surface area contributed by atoms with Gasteiger partial charge in [-0.15, -0.1) is 0 Å². The highest BCUT2D eigenvalue weighted by atomic mass is 19.4. The number of alkyl halides is 3. The van der Waals surface area contributed by atoms with E-state index in [1.54, 1.807) is 13.8 Å². The maximum Gasteiger partial charge on any atom is 0.392 e. The SMILES string of the molecule is CC1(C)CN(CC(=O)NC2CCCCC2)CC[C@@H]1C(F)(F)F. The lowest BCUT2D eigenvalue weighted by Gasteiger charge is -2.44. The summed E-state index contributed by atoms with van der Waals surface area (Å²) in [7, 11) is 0. The molecule has 0 aromatic carbocycles. The molecule has 0 radical (unpaired) electrons. The van der Waals surface area contributed by atoms with Crippen LogP contribution in [-0.4, -0.2) is 42.7 Å². The van der Waals surface area contributed by atoms with Crippen molar-refractivity contribution in [1.82, 2.24) is 10.2 Å². The monoisotopic (exact) mass is 320 g/mol. The number of halogens is 3. The van der Waals surface area contributed by atoms with Crippen molar-refractivity contribution >= 4 is 5.91 Å². The number of rotatable bonds is 3. The molecule has 0 unspecified atom stereocenters. The van der Waals surface area contributed by atoms with Crippen LogP contribution >= 0.6 is 0 Å². The summed E-state index contributed by atoms with van der Waals surface area (Å²) in [4.78, 5) is 14.0. The molecule has 2 aliphatic rings. The second-order valence-electron chi connectivity index (χ2n) is 7.48. The first-order chi connectivity index (χ1) is 10.2. The minimum Gasteiger partial charge on any atom is -0.352 e. The van der Waals surface area contributed by atoms with Gasteiger partial charge in [-0.2, -0.15) is 13.2 Å². The van der Waals surface area contributed by atoms with Crippen molar-refractivity contribution in [2.24, 2.45) is 11.3 Å². The van der Waals surface area contributed by atoms with Crippen LogP contribution in [0.1, 0.15) is 52.4 Å². The van der Waals surface area contributed by atoms with Gasteiger partial charge >= 0.3 is 6.18 Å². The largest absolute Gasteiger partial charge is 0.392 e. The van der Waals surface area contributed by atoms with Crippen LogP contribution in [0.15, 0.2) is 0 Å². The Morgan fingerprint density at radius 1 is 1.18 bits per heavy atom. The third kappa shape index (κ3) is 4.61. The number of carbonyl (C=O) groups is 1. The predicted molar refractivity (Wildman–Crippen MR) is 79.4 cm³/mol. The fourth-order valence-corrected chi connectivity index (χ4v) is 3.93. The highest BCUT2D eigenvalue weighted by Crippen LogP contribution is 2.44. The van der Waals surface area contributed by atoms with Gasteiger partial charge in [-0.1, -0.05) is 33.1 Å². The molecule has 0 aromatic rings. The van der Waals surface area contributed by atoms with E-state index in [0.717, 1.165) is 25.7 Å². The zero-order valence-electron chi connectivity index (χ0n) is 13.5. The maximum absolute atomic E-state index is 13.0. The van der Waals surface area contributed by atoms with Crippen molar-refractivity contribution in [3.8, 4) is 0 Å². The summed E-state index contributed by atoms with van der Waals surface area (Å²) in [6.07, 6.45) is 1.49. The Labute approximate surface area is 130 Å². The lowest BCUT2D eigenvalue weighted by atomic mass is 9.73. The van der Waals surface area contributed by atoms with Crippen LogP contribution in [-0.2, 0) is 4.79 Å². The van der Waals surface area contributed by atoms with E-state index in [2.05, 4.69) is 5.32 Å². The number of hydrogen-bond donors (Lipinski definition) is 1. The Balaban J connectivity index is 1.83. The Kier molecular flexibility index (Phi) is 5.41. The molecular weight excluding hydrogens is 293 g/mol. The molecule has 1 aliphatic heterocycles. The van der Waals surface area contributed by atoms with Crippen molar-refractivity contribution in [3.63, 3.8) is 0 Å². The Morgan fingerprint density at radius 2 is 1.82 bits per heavy atom. The van der Waals surface area contributed by atoms with E-state index < -0.39 is 17.5 Å². The van der Waals surface area contributed by atoms with Crippen LogP contribution < -0.4 is 5.32 Å². The van der Waals surface area contributed by atoms with Gasteiger partial charge in [0.1, 0.15) is 0 Å². The van der Waals surface area contributed by atoms with Crippen LogP contribution in [0.3, 0.4) is 0 Å². The summed E-state index contributed by atoms with van der Waals surface area (Å²) >= 11 is 0. The van der Waals surface area contributed by atoms with E-state index in [-0.39, 0.29) is 24.9 Å². The van der Waals surface area contributed by atoms with E-state index in [1.807, 2.05) is 4.90 Å². The molecule has 2 fully saturated rings. The Bertz CT molecular complexity index is 389. The topological polar surface area (TPSA) is 32.3 Å². The summed E-state index contributed by atoms with van der Waals surface area (Å²) in [6.45, 7) is 4.16. The minimum absolute atomic E-state index is 0.0480. The van der Waals surface area contributed by atoms with Gasteiger partial charge < -0.3 is 5.32 Å². The van der Waals surface area contributed by atoms with E-state index in [9.17, 15) is 18.0 Å². The molecule has 6 heteroatoms. The molecule has 1 heterocycles. The van der Waals surface area contributed by atoms with Crippen LogP contribution in [0.2, 0.25) is 0 Å². The summed E-state index contributed by atoms with van der Waals surface area (Å²) in [5.74, 6) is -1.33. The number of likely N-dealkylation sites (tertiary alicyclic amines) is 1. The normalized spacial score (nSPS) is 27.6. The summed E-state index contributed by atoms with van der Waals surface area (Å²) in [6, 6.07) is 0.252. The predicted octanol–water partition coefficient (Wildman–Crippen LogP) is 3.35. The van der Waals surface area contributed by atoms with Gasteiger partial charge in [-0.05, 0) is 31.2 Å². The van der Waals surface area contributed by atoms with Gasteiger partial charge in [0.25, 0.3) is 0 Å². The Morgan fingerprint density at radius 3 is 2.36 bits per heavy atom. The van der Waals surface area contributed by atoms with Gasteiger partial charge in [-0.25, -0.2) is 0 Å². The van der Waals surface area contributed by atoms with Crippen molar-refractivity contribution in [2.75, 3.05) is 19.6 Å². The zero-order chi connectivity index (χ0) is 16.4. The summed E-state index contributed by atoms with van der Waals surface area (Å²) in [5.41, 5.74) is -0.846. The van der Waals surface area contributed by atoms with Crippen LogP contribution in [0.25, 0.3) is 0 Å². The standard InChI is InChI=1S/C16H27F3N2O/c1-15(2)11-21(9-8-13(15)16(17,18)19)10-14(22)20-12-6-4-3-5-7-12/h12-13H,3-11H2,1-2H3,(H,20,22)/t13-/m0/s1. The highest BCUT2D eigenvalue weighted by molar-refractivity contribution is 5.78.